The number of nitrogens with one attached hydrogen (secondary N) is 1. The van der Waals surface area contributed by atoms with Crippen molar-refractivity contribution in [2.45, 2.75) is 19.5 Å². The smallest absolute Gasteiger partial charge is 0.410 e. The number of aromatic nitrogens is 1. The summed E-state index contributed by atoms with van der Waals surface area (Å²) in [6, 6.07) is 7.08. The highest BCUT2D eigenvalue weighted by molar-refractivity contribution is 5.97. The Balaban J connectivity index is 2.06. The minimum Gasteiger partial charge on any atom is -0.410 e. The fourth-order valence-electron chi connectivity index (χ4n) is 1.86. The van der Waals surface area contributed by atoms with E-state index in [4.69, 9.17) is 4.74 Å². The molecule has 0 fully saturated rings. The minimum absolute atomic E-state index is 0.0351. The zero-order chi connectivity index (χ0) is 16.3. The van der Waals surface area contributed by atoms with Gasteiger partial charge in [-0.25, -0.2) is 0 Å². The van der Waals surface area contributed by atoms with Gasteiger partial charge in [0.25, 0.3) is 0 Å². The summed E-state index contributed by atoms with van der Waals surface area (Å²) in [5, 5.41) is 0. The van der Waals surface area contributed by atoms with Crippen molar-refractivity contribution < 1.29 is 27.5 Å². The van der Waals surface area contributed by atoms with E-state index < -0.39 is 17.7 Å². The Bertz CT molecular complexity index is 687. The molecule has 22 heavy (non-hydrogen) atoms. The Kier molecular flexibility index (Phi) is 4.35. The number of ether oxygens (including phenoxy) is 1. The maximum atomic E-state index is 12.4. The summed E-state index contributed by atoms with van der Waals surface area (Å²) >= 11 is 0. The first kappa shape index (κ1) is 15.8. The van der Waals surface area contributed by atoms with Crippen LogP contribution in [0.4, 0.5) is 13.2 Å². The number of ketones is 1. The number of alkyl halides is 3. The van der Waals surface area contributed by atoms with E-state index >= 15 is 0 Å². The van der Waals surface area contributed by atoms with Crippen molar-refractivity contribution in [2.24, 2.45) is 0 Å². The fraction of sp³-hybridized carbons (Fsp3) is 0.200. The SMILES string of the molecule is CC(=O)Oc1ccc(CC(=O)c2ccc(C(F)(F)F)cc2)[nH]1. The molecule has 0 atom stereocenters. The average molecular weight is 311 g/mol. The molecule has 0 unspecified atom stereocenters. The van der Waals surface area contributed by atoms with Gasteiger partial charge < -0.3 is 9.72 Å². The number of H-pyrrole nitrogens is 1. The van der Waals surface area contributed by atoms with Crippen LogP contribution in [0.1, 0.15) is 28.5 Å². The van der Waals surface area contributed by atoms with Crippen molar-refractivity contribution in [1.29, 1.82) is 0 Å². The predicted octanol–water partition coefficient (Wildman–Crippen LogP) is 3.38. The van der Waals surface area contributed by atoms with Gasteiger partial charge in [0.15, 0.2) is 5.78 Å². The Labute approximate surface area is 123 Å². The van der Waals surface area contributed by atoms with Crippen LogP contribution in [-0.2, 0) is 17.4 Å². The topological polar surface area (TPSA) is 59.2 Å². The van der Waals surface area contributed by atoms with Crippen molar-refractivity contribution in [1.82, 2.24) is 4.98 Å². The van der Waals surface area contributed by atoms with E-state index in [0.29, 0.717) is 5.69 Å². The first-order chi connectivity index (χ1) is 10.3. The van der Waals surface area contributed by atoms with Gasteiger partial charge in [-0.15, -0.1) is 0 Å². The lowest BCUT2D eigenvalue weighted by Gasteiger charge is -2.07. The highest BCUT2D eigenvalue weighted by atomic mass is 19.4. The third-order valence-corrected chi connectivity index (χ3v) is 2.86. The van der Waals surface area contributed by atoms with E-state index in [1.807, 2.05) is 0 Å². The maximum Gasteiger partial charge on any atom is 0.416 e. The number of aromatic amines is 1. The molecule has 1 N–H and O–H groups in total. The van der Waals surface area contributed by atoms with E-state index in [2.05, 4.69) is 4.98 Å². The molecule has 0 spiro atoms. The molecule has 0 saturated carbocycles. The summed E-state index contributed by atoms with van der Waals surface area (Å²) < 4.78 is 42.1. The van der Waals surface area contributed by atoms with E-state index in [0.717, 1.165) is 24.3 Å². The summed E-state index contributed by atoms with van der Waals surface area (Å²) in [7, 11) is 0. The number of rotatable bonds is 4. The second kappa shape index (κ2) is 6.05. The third kappa shape index (κ3) is 3.97. The van der Waals surface area contributed by atoms with Crippen molar-refractivity contribution in [2.75, 3.05) is 0 Å². The molecule has 1 heterocycles. The first-order valence-electron chi connectivity index (χ1n) is 6.32. The largest absolute Gasteiger partial charge is 0.416 e. The maximum absolute atomic E-state index is 12.4. The predicted molar refractivity (Wildman–Crippen MR) is 71.6 cm³/mol. The quantitative estimate of drug-likeness (QED) is 0.695. The molecule has 4 nitrogen and oxygen atoms in total. The Morgan fingerprint density at radius 1 is 1.09 bits per heavy atom. The molecular weight excluding hydrogens is 299 g/mol. The molecule has 0 aliphatic heterocycles. The number of carbonyl (C=O) groups excluding carboxylic acids is 2. The Morgan fingerprint density at radius 3 is 2.27 bits per heavy atom. The summed E-state index contributed by atoms with van der Waals surface area (Å²) in [6.07, 6.45) is -4.47. The molecule has 0 saturated heterocycles. The lowest BCUT2D eigenvalue weighted by atomic mass is 10.0. The number of esters is 1. The van der Waals surface area contributed by atoms with Crippen LogP contribution in [-0.4, -0.2) is 16.7 Å². The van der Waals surface area contributed by atoms with Gasteiger partial charge in [-0.2, -0.15) is 13.2 Å². The number of Topliss-reactive ketones (excluding diaryl/α,β-unsaturated/α-hetero) is 1. The Hall–Kier alpha value is -2.57. The third-order valence-electron chi connectivity index (χ3n) is 2.86. The van der Waals surface area contributed by atoms with Gasteiger partial charge in [0.05, 0.1) is 12.0 Å². The van der Waals surface area contributed by atoms with Crippen LogP contribution < -0.4 is 4.74 Å². The summed E-state index contributed by atoms with van der Waals surface area (Å²) in [5.41, 5.74) is -0.126. The summed E-state index contributed by atoms with van der Waals surface area (Å²) in [5.74, 6) is -0.630. The number of carbonyl (C=O) groups is 2. The van der Waals surface area contributed by atoms with Gasteiger partial charge in [0.1, 0.15) is 0 Å². The number of hydrogen-bond acceptors (Lipinski definition) is 3. The molecule has 0 aliphatic rings. The van der Waals surface area contributed by atoms with E-state index in [-0.39, 0.29) is 23.6 Å². The van der Waals surface area contributed by atoms with E-state index in [1.165, 1.54) is 13.0 Å². The molecule has 2 rings (SSSR count). The number of halogens is 3. The van der Waals surface area contributed by atoms with E-state index in [1.54, 1.807) is 6.07 Å². The van der Waals surface area contributed by atoms with Gasteiger partial charge in [0.2, 0.25) is 5.88 Å². The normalized spacial score (nSPS) is 11.3. The number of benzene rings is 1. The zero-order valence-electron chi connectivity index (χ0n) is 11.5. The van der Waals surface area contributed by atoms with Crippen LogP contribution in [0.2, 0.25) is 0 Å². The molecule has 1 aromatic heterocycles. The molecule has 116 valence electrons. The van der Waals surface area contributed by atoms with Crippen molar-refractivity contribution in [3.8, 4) is 5.88 Å². The lowest BCUT2D eigenvalue weighted by molar-refractivity contribution is -0.137. The minimum atomic E-state index is -4.43. The molecule has 0 aliphatic carbocycles. The van der Waals surface area contributed by atoms with Crippen LogP contribution in [0.15, 0.2) is 36.4 Å². The fourth-order valence-corrected chi connectivity index (χ4v) is 1.86. The molecule has 1 aromatic carbocycles. The standard InChI is InChI=1S/C15H12F3NO3/c1-9(20)22-14-7-6-12(19-14)8-13(21)10-2-4-11(5-3-10)15(16,17)18/h2-7,19H,8H2,1H3. The second-order valence-electron chi connectivity index (χ2n) is 4.62. The molecule has 0 radical (unpaired) electrons. The first-order valence-corrected chi connectivity index (χ1v) is 6.32. The van der Waals surface area contributed by atoms with Gasteiger partial charge >= 0.3 is 12.1 Å². The van der Waals surface area contributed by atoms with Gasteiger partial charge in [0, 0.05) is 24.2 Å². The molecule has 7 heteroatoms. The highest BCUT2D eigenvalue weighted by Gasteiger charge is 2.30. The van der Waals surface area contributed by atoms with Crippen molar-refractivity contribution >= 4 is 11.8 Å². The van der Waals surface area contributed by atoms with Gasteiger partial charge in [-0.3, -0.25) is 9.59 Å². The highest BCUT2D eigenvalue weighted by Crippen LogP contribution is 2.29. The monoisotopic (exact) mass is 311 g/mol. The lowest BCUT2D eigenvalue weighted by Crippen LogP contribution is -2.07. The summed E-state index contributed by atoms with van der Waals surface area (Å²) in [4.78, 5) is 25.5. The summed E-state index contributed by atoms with van der Waals surface area (Å²) in [6.45, 7) is 1.24. The van der Waals surface area contributed by atoms with Crippen molar-refractivity contribution in [3.05, 3.63) is 53.2 Å². The van der Waals surface area contributed by atoms with Crippen LogP contribution in [0, 0.1) is 0 Å². The van der Waals surface area contributed by atoms with Gasteiger partial charge in [-0.1, -0.05) is 12.1 Å². The second-order valence-corrected chi connectivity index (χ2v) is 4.62. The van der Waals surface area contributed by atoms with Crippen LogP contribution in [0.3, 0.4) is 0 Å². The van der Waals surface area contributed by atoms with E-state index in [9.17, 15) is 22.8 Å². The molecule has 0 bridgehead atoms. The Morgan fingerprint density at radius 2 is 1.73 bits per heavy atom. The van der Waals surface area contributed by atoms with Crippen LogP contribution in [0.5, 0.6) is 5.88 Å². The molecule has 2 aromatic rings. The molecule has 0 amide bonds. The van der Waals surface area contributed by atoms with Crippen LogP contribution >= 0.6 is 0 Å². The van der Waals surface area contributed by atoms with Crippen molar-refractivity contribution in [3.63, 3.8) is 0 Å². The zero-order valence-corrected chi connectivity index (χ0v) is 11.5. The van der Waals surface area contributed by atoms with Gasteiger partial charge in [-0.05, 0) is 18.2 Å². The average Bonchev–Trinajstić information content (AvgIpc) is 2.84. The van der Waals surface area contributed by atoms with Crippen LogP contribution in [0.25, 0.3) is 0 Å². The number of hydrogen-bond donors (Lipinski definition) is 1. The molecular formula is C15H12F3NO3.